The minimum atomic E-state index is -2.99. The molecule has 1 aliphatic heterocycles. The van der Waals surface area contributed by atoms with Gasteiger partial charge in [0.2, 0.25) is 11.8 Å². The molecule has 1 saturated heterocycles. The van der Waals surface area contributed by atoms with Crippen LogP contribution in [0.15, 0.2) is 41.3 Å². The number of ether oxygens (including phenoxy) is 1. The van der Waals surface area contributed by atoms with Crippen molar-refractivity contribution in [2.75, 3.05) is 43.1 Å². The molecule has 1 amide bonds. The van der Waals surface area contributed by atoms with Crippen LogP contribution in [-0.4, -0.2) is 87.0 Å². The van der Waals surface area contributed by atoms with Crippen molar-refractivity contribution >= 4 is 61.9 Å². The average Bonchev–Trinajstić information content (AvgIpc) is 2.96. The summed E-state index contributed by atoms with van der Waals surface area (Å²) in [6, 6.07) is 8.16. The highest BCUT2D eigenvalue weighted by Crippen LogP contribution is 2.33. The van der Waals surface area contributed by atoms with E-state index in [1.807, 2.05) is 4.90 Å². The first-order valence-electron chi connectivity index (χ1n) is 13.0. The summed E-state index contributed by atoms with van der Waals surface area (Å²) < 4.78 is 30.4. The van der Waals surface area contributed by atoms with Gasteiger partial charge >= 0.3 is 6.09 Å². The largest absolute Gasteiger partial charge is 0.475 e. The van der Waals surface area contributed by atoms with E-state index >= 15 is 0 Å². The Morgan fingerprint density at radius 3 is 2.56 bits per heavy atom. The molecule has 226 valence electrons. The van der Waals surface area contributed by atoms with Gasteiger partial charge in [-0.05, 0) is 24.3 Å². The Labute approximate surface area is 255 Å². The Kier molecular flexibility index (Phi) is 8.96. The lowest BCUT2D eigenvalue weighted by atomic mass is 10.1. The minimum Gasteiger partial charge on any atom is -0.475 e. The molecule has 1 fully saturated rings. The van der Waals surface area contributed by atoms with E-state index in [-0.39, 0.29) is 47.9 Å². The Balaban J connectivity index is 1.35. The number of carboxylic acid groups (broad SMARTS) is 1. The molecule has 43 heavy (non-hydrogen) atoms. The first kappa shape index (κ1) is 30.4. The quantitative estimate of drug-likeness (QED) is 0.242. The second-order valence-electron chi connectivity index (χ2n) is 9.68. The normalized spacial score (nSPS) is 14.9. The number of nitrogens with one attached hydrogen (secondary N) is 2. The van der Waals surface area contributed by atoms with Crippen molar-refractivity contribution in [1.29, 1.82) is 0 Å². The van der Waals surface area contributed by atoms with E-state index in [1.54, 1.807) is 37.4 Å². The number of hydrogen-bond donors (Lipinski definition) is 3. The third kappa shape index (κ3) is 7.13. The van der Waals surface area contributed by atoms with Gasteiger partial charge in [0.05, 0.1) is 33.7 Å². The molecule has 17 heteroatoms. The van der Waals surface area contributed by atoms with Gasteiger partial charge in [0.25, 0.3) is 5.56 Å². The van der Waals surface area contributed by atoms with Crippen LogP contribution in [0.25, 0.3) is 22.2 Å². The second-order valence-corrected chi connectivity index (χ2v) is 12.8. The Morgan fingerprint density at radius 2 is 1.86 bits per heavy atom. The molecule has 5 rings (SSSR count). The lowest BCUT2D eigenvalue weighted by Crippen LogP contribution is -2.42. The molecule has 4 aromatic rings. The van der Waals surface area contributed by atoms with E-state index < -0.39 is 15.9 Å². The number of halogens is 2. The molecule has 0 aliphatic carbocycles. The van der Waals surface area contributed by atoms with Crippen molar-refractivity contribution in [2.24, 2.45) is 7.05 Å². The van der Waals surface area contributed by atoms with Gasteiger partial charge in [-0.1, -0.05) is 29.3 Å². The van der Waals surface area contributed by atoms with Gasteiger partial charge in [-0.2, -0.15) is 4.98 Å². The summed E-state index contributed by atoms with van der Waals surface area (Å²) in [6.45, 7) is 1.39. The number of sulfone groups is 1. The summed E-state index contributed by atoms with van der Waals surface area (Å²) >= 11 is 12.7. The summed E-state index contributed by atoms with van der Waals surface area (Å²) in [4.78, 5) is 35.1. The maximum atomic E-state index is 13.2. The zero-order valence-corrected chi connectivity index (χ0v) is 25.1. The first-order valence-corrected chi connectivity index (χ1v) is 15.6. The smallest absolute Gasteiger partial charge is 0.404 e. The Hall–Kier alpha value is -4.05. The number of nitrogens with zero attached hydrogens (tertiary/aromatic N) is 6. The van der Waals surface area contributed by atoms with E-state index in [4.69, 9.17) is 33.0 Å². The van der Waals surface area contributed by atoms with Crippen LogP contribution in [0.2, 0.25) is 10.0 Å². The molecule has 0 radical (unpaired) electrons. The predicted octanol–water partition coefficient (Wildman–Crippen LogP) is 2.71. The fraction of sp³-hybridized carbons (Fsp3) is 0.308. The Bertz CT molecular complexity index is 1840. The highest BCUT2D eigenvalue weighted by atomic mass is 35.5. The third-order valence-electron chi connectivity index (χ3n) is 6.77. The summed E-state index contributed by atoms with van der Waals surface area (Å²) in [5, 5.41) is 23.8. The SMILES string of the molecule is Cn1c(=O)c(-c2c(Cl)cccc2Cl)cc2cnc(Nc3cc(CNC(=O)O)c(OCCN4CCS(=O)(=O)CC4)nn3)nc21. The zero-order valence-electron chi connectivity index (χ0n) is 22.7. The molecular weight excluding hydrogens is 623 g/mol. The molecule has 1 aromatic carbocycles. The van der Waals surface area contributed by atoms with Gasteiger partial charge in [-0.3, -0.25) is 14.3 Å². The fourth-order valence-corrected chi connectivity index (χ4v) is 6.38. The van der Waals surface area contributed by atoms with Crippen molar-refractivity contribution in [1.82, 2.24) is 34.9 Å². The molecule has 0 saturated carbocycles. The summed E-state index contributed by atoms with van der Waals surface area (Å²) in [6.07, 6.45) is 0.296. The first-order chi connectivity index (χ1) is 20.5. The van der Waals surface area contributed by atoms with Crippen LogP contribution >= 0.6 is 23.2 Å². The number of hydrogen-bond acceptors (Lipinski definition) is 11. The summed E-state index contributed by atoms with van der Waals surface area (Å²) in [5.74, 6) is 0.647. The van der Waals surface area contributed by atoms with Crippen molar-refractivity contribution in [2.45, 2.75) is 6.54 Å². The average molecular weight is 650 g/mol. The van der Waals surface area contributed by atoms with Crippen LogP contribution in [0.5, 0.6) is 5.88 Å². The molecule has 4 heterocycles. The minimum absolute atomic E-state index is 0.100. The molecule has 0 bridgehead atoms. The van der Waals surface area contributed by atoms with Crippen molar-refractivity contribution < 1.29 is 23.1 Å². The van der Waals surface area contributed by atoms with Crippen LogP contribution in [0.4, 0.5) is 16.6 Å². The highest BCUT2D eigenvalue weighted by molar-refractivity contribution is 7.91. The van der Waals surface area contributed by atoms with Gasteiger partial charge in [0.15, 0.2) is 15.7 Å². The van der Waals surface area contributed by atoms with Gasteiger partial charge in [0.1, 0.15) is 12.3 Å². The molecule has 0 atom stereocenters. The van der Waals surface area contributed by atoms with E-state index in [1.165, 1.54) is 10.8 Å². The molecular formula is C26H26Cl2N8O6S. The van der Waals surface area contributed by atoms with Crippen molar-refractivity contribution in [3.05, 3.63) is 62.5 Å². The monoisotopic (exact) mass is 648 g/mol. The maximum absolute atomic E-state index is 13.2. The van der Waals surface area contributed by atoms with Gasteiger partial charge in [-0.15, -0.1) is 10.2 Å². The van der Waals surface area contributed by atoms with E-state index in [2.05, 4.69) is 30.8 Å². The van der Waals surface area contributed by atoms with Crippen LogP contribution in [0.1, 0.15) is 5.56 Å². The highest BCUT2D eigenvalue weighted by Gasteiger charge is 2.22. The molecule has 14 nitrogen and oxygen atoms in total. The number of benzene rings is 1. The fourth-order valence-electron chi connectivity index (χ4n) is 4.50. The standard InChI is InChI=1S/C26H26Cl2N8O6S/c1-35-22-15(11-17(24(35)37)21-18(27)3-2-4-19(21)28)13-29-25(32-22)31-20-12-16(14-30-26(38)39)23(34-33-20)42-8-5-36-6-9-43(40,41)10-7-36/h2-4,11-13,30H,5-10,14H2,1H3,(H,38,39)(H,29,31,32,33). The number of aryl methyl sites for hydroxylation is 1. The van der Waals surface area contributed by atoms with E-state index in [0.717, 1.165) is 0 Å². The molecule has 0 unspecified atom stereocenters. The Morgan fingerprint density at radius 1 is 1.14 bits per heavy atom. The van der Waals surface area contributed by atoms with Crippen molar-refractivity contribution in [3.63, 3.8) is 0 Å². The van der Waals surface area contributed by atoms with Crippen molar-refractivity contribution in [3.8, 4) is 17.0 Å². The molecule has 1 aliphatic rings. The van der Waals surface area contributed by atoms with E-state index in [0.29, 0.717) is 57.4 Å². The number of aromatic nitrogens is 5. The molecule has 3 N–H and O–H groups in total. The number of amides is 1. The molecule has 3 aromatic heterocycles. The predicted molar refractivity (Wildman–Crippen MR) is 161 cm³/mol. The van der Waals surface area contributed by atoms with Gasteiger partial charge < -0.3 is 20.5 Å². The maximum Gasteiger partial charge on any atom is 0.404 e. The topological polar surface area (TPSA) is 182 Å². The van der Waals surface area contributed by atoms with Gasteiger partial charge in [0, 0.05) is 49.4 Å². The number of fused-ring (bicyclic) bond motifs is 1. The van der Waals surface area contributed by atoms with E-state index in [9.17, 15) is 18.0 Å². The van der Waals surface area contributed by atoms with Crippen LogP contribution in [0.3, 0.4) is 0 Å². The molecule has 0 spiro atoms. The number of anilines is 2. The van der Waals surface area contributed by atoms with Crippen LogP contribution < -0.4 is 20.9 Å². The lowest BCUT2D eigenvalue weighted by Gasteiger charge is -2.26. The lowest BCUT2D eigenvalue weighted by molar-refractivity contribution is 0.193. The number of rotatable bonds is 9. The van der Waals surface area contributed by atoms with Crippen LogP contribution in [-0.2, 0) is 23.4 Å². The number of carbonyl (C=O) groups is 1. The second kappa shape index (κ2) is 12.7. The third-order valence-corrected chi connectivity index (χ3v) is 9.01. The number of pyridine rings is 1. The van der Waals surface area contributed by atoms with Gasteiger partial charge in [-0.25, -0.2) is 18.2 Å². The van der Waals surface area contributed by atoms with Crippen LogP contribution in [0, 0.1) is 0 Å². The summed E-state index contributed by atoms with van der Waals surface area (Å²) in [5.41, 5.74) is 1.09. The zero-order chi connectivity index (χ0) is 30.7. The summed E-state index contributed by atoms with van der Waals surface area (Å²) in [7, 11) is -1.42.